The standard InChI is InChI=1S/C24H42IN3O8SSi2/c1-14-12-28(21(30)27-19(14)29)20-17(35-39(10,11)23(5,6)7)24(16(26)18(25)37(31,32)36-24)15(34-20)13-33-38(8,9)22(2,3)4/h12,15,17,20H,13,26H2,1-11H3,(H,27,29,30). The van der Waals surface area contributed by atoms with Crippen molar-refractivity contribution < 1.29 is 26.2 Å². The number of hydrogen-bond acceptors (Lipinski definition) is 9. The van der Waals surface area contributed by atoms with Gasteiger partial charge in [-0.05, 0) is 65.8 Å². The molecule has 1 spiro atoms. The summed E-state index contributed by atoms with van der Waals surface area (Å²) in [6.45, 7) is 22.1. The van der Waals surface area contributed by atoms with Crippen LogP contribution in [-0.2, 0) is 27.9 Å². The van der Waals surface area contributed by atoms with Gasteiger partial charge in [0.15, 0.2) is 31.4 Å². The molecule has 0 aromatic carbocycles. The van der Waals surface area contributed by atoms with Crippen molar-refractivity contribution >= 4 is 49.3 Å². The average Bonchev–Trinajstić information content (AvgIpc) is 3.14. The van der Waals surface area contributed by atoms with Crippen molar-refractivity contribution in [3.63, 3.8) is 0 Å². The Labute approximate surface area is 246 Å². The predicted octanol–water partition coefficient (Wildman–Crippen LogP) is 3.82. The maximum atomic E-state index is 13.1. The van der Waals surface area contributed by atoms with Gasteiger partial charge in [-0.15, -0.1) is 0 Å². The minimum atomic E-state index is -4.23. The molecular formula is C24H42IN3O8SSi2. The first-order chi connectivity index (χ1) is 17.4. The Hall–Kier alpha value is -0.826. The van der Waals surface area contributed by atoms with Crippen molar-refractivity contribution in [3.05, 3.63) is 41.2 Å². The number of nitrogens with zero attached hydrogens (tertiary/aromatic N) is 1. The number of rotatable bonds is 6. The van der Waals surface area contributed by atoms with Crippen molar-refractivity contribution in [3.8, 4) is 0 Å². The highest BCUT2D eigenvalue weighted by Gasteiger charge is 2.68. The molecule has 39 heavy (non-hydrogen) atoms. The minimum absolute atomic E-state index is 0.0401. The molecule has 0 saturated carbocycles. The Kier molecular flexibility index (Phi) is 8.52. The molecule has 0 bridgehead atoms. The molecule has 3 rings (SSSR count). The Morgan fingerprint density at radius 1 is 1.10 bits per heavy atom. The highest BCUT2D eigenvalue weighted by atomic mass is 127. The number of hydrogen-bond donors (Lipinski definition) is 2. The van der Waals surface area contributed by atoms with E-state index in [1.807, 2.05) is 33.9 Å². The molecule has 222 valence electrons. The van der Waals surface area contributed by atoms with E-state index in [1.54, 1.807) is 29.5 Å². The average molecular weight is 716 g/mol. The molecule has 11 nitrogen and oxygen atoms in total. The van der Waals surface area contributed by atoms with Gasteiger partial charge in [0.1, 0.15) is 12.2 Å². The molecule has 15 heteroatoms. The lowest BCUT2D eigenvalue weighted by Gasteiger charge is -2.43. The van der Waals surface area contributed by atoms with E-state index >= 15 is 0 Å². The number of aryl methyl sites for hydroxylation is 1. The molecule has 3 heterocycles. The van der Waals surface area contributed by atoms with Crippen molar-refractivity contribution in [2.75, 3.05) is 6.61 Å². The van der Waals surface area contributed by atoms with Crippen LogP contribution in [0.5, 0.6) is 0 Å². The van der Waals surface area contributed by atoms with Gasteiger partial charge in [0.05, 0.1) is 12.3 Å². The first kappa shape index (κ1) is 32.7. The van der Waals surface area contributed by atoms with Gasteiger partial charge >= 0.3 is 15.8 Å². The fourth-order valence-corrected chi connectivity index (χ4v) is 8.13. The molecule has 4 unspecified atom stereocenters. The first-order valence-electron chi connectivity index (χ1n) is 12.8. The molecule has 0 amide bonds. The van der Waals surface area contributed by atoms with Gasteiger partial charge in [0, 0.05) is 11.8 Å². The second kappa shape index (κ2) is 10.2. The minimum Gasteiger partial charge on any atom is -0.414 e. The summed E-state index contributed by atoms with van der Waals surface area (Å²) in [7, 11) is -9.21. The van der Waals surface area contributed by atoms with E-state index in [4.69, 9.17) is 23.5 Å². The molecule has 3 N–H and O–H groups in total. The van der Waals surface area contributed by atoms with E-state index < -0.39 is 62.0 Å². The summed E-state index contributed by atoms with van der Waals surface area (Å²) in [5, 5.41) is -0.427. The topological polar surface area (TPSA) is 152 Å². The number of aromatic amines is 1. The van der Waals surface area contributed by atoms with Gasteiger partial charge < -0.3 is 19.3 Å². The third-order valence-corrected chi connectivity index (χ3v) is 20.9. The van der Waals surface area contributed by atoms with E-state index in [-0.39, 0.29) is 30.9 Å². The maximum absolute atomic E-state index is 13.1. The van der Waals surface area contributed by atoms with Gasteiger partial charge in [0.2, 0.25) is 0 Å². The fourth-order valence-electron chi connectivity index (χ4n) is 4.00. The van der Waals surface area contributed by atoms with Gasteiger partial charge in [-0.2, -0.15) is 8.42 Å². The molecule has 1 aromatic heterocycles. The number of aromatic nitrogens is 2. The summed E-state index contributed by atoms with van der Waals surface area (Å²) in [5.74, 6) is 0. The Morgan fingerprint density at radius 2 is 1.64 bits per heavy atom. The maximum Gasteiger partial charge on any atom is 0.330 e. The number of ether oxygens (including phenoxy) is 1. The summed E-state index contributed by atoms with van der Waals surface area (Å²) in [4.78, 5) is 27.5. The molecule has 1 fully saturated rings. The molecule has 0 radical (unpaired) electrons. The molecule has 1 saturated heterocycles. The summed E-state index contributed by atoms with van der Waals surface area (Å²) >= 11 is 1.66. The highest BCUT2D eigenvalue weighted by molar-refractivity contribution is 14.1. The second-order valence-electron chi connectivity index (χ2n) is 13.4. The predicted molar refractivity (Wildman–Crippen MR) is 163 cm³/mol. The third-order valence-electron chi connectivity index (χ3n) is 8.61. The SMILES string of the molecule is Cc1cn(C2OC(CO[Si](C)(C)C(C)(C)C)C3(OS(=O)(=O)C(I)=C3N)C2O[Si](C)(C)C(C)(C)C)c(=O)[nH]c1=O. The summed E-state index contributed by atoms with van der Waals surface area (Å²) in [6.07, 6.45) is -1.96. The van der Waals surface area contributed by atoms with Crippen LogP contribution in [0.4, 0.5) is 0 Å². The first-order valence-corrected chi connectivity index (χ1v) is 21.1. The van der Waals surface area contributed by atoms with Crippen LogP contribution in [0, 0.1) is 6.92 Å². The number of nitrogens with one attached hydrogen (secondary N) is 1. The molecule has 0 aliphatic carbocycles. The largest absolute Gasteiger partial charge is 0.414 e. The van der Waals surface area contributed by atoms with Crippen molar-refractivity contribution in [1.29, 1.82) is 0 Å². The van der Waals surface area contributed by atoms with E-state index in [0.29, 0.717) is 0 Å². The monoisotopic (exact) mass is 715 g/mol. The highest BCUT2D eigenvalue weighted by Crippen LogP contribution is 2.54. The van der Waals surface area contributed by atoms with Crippen molar-refractivity contribution in [2.24, 2.45) is 5.73 Å². The molecule has 4 atom stereocenters. The summed E-state index contributed by atoms with van der Waals surface area (Å²) < 4.78 is 53.0. The van der Waals surface area contributed by atoms with Crippen LogP contribution in [0.25, 0.3) is 0 Å². The number of halogens is 1. The zero-order chi connectivity index (χ0) is 30.1. The Morgan fingerprint density at radius 3 is 2.10 bits per heavy atom. The summed E-state index contributed by atoms with van der Waals surface area (Å²) in [5.41, 5.74) is 3.78. The number of H-pyrrole nitrogens is 1. The lowest BCUT2D eigenvalue weighted by Crippen LogP contribution is -2.59. The van der Waals surface area contributed by atoms with E-state index in [2.05, 4.69) is 38.8 Å². The van der Waals surface area contributed by atoms with Crippen LogP contribution in [0.15, 0.2) is 24.4 Å². The van der Waals surface area contributed by atoms with Crippen LogP contribution in [0.2, 0.25) is 36.3 Å². The van der Waals surface area contributed by atoms with E-state index in [1.165, 1.54) is 10.8 Å². The molecule has 2 aliphatic heterocycles. The molecular weight excluding hydrogens is 673 g/mol. The van der Waals surface area contributed by atoms with Gasteiger partial charge in [-0.1, -0.05) is 41.5 Å². The van der Waals surface area contributed by atoms with Crippen LogP contribution in [0.1, 0.15) is 53.3 Å². The summed E-state index contributed by atoms with van der Waals surface area (Å²) in [6, 6.07) is 0. The normalized spacial score (nSPS) is 28.1. The lowest BCUT2D eigenvalue weighted by molar-refractivity contribution is -0.0563. The van der Waals surface area contributed by atoms with Crippen molar-refractivity contribution in [2.45, 2.75) is 109 Å². The van der Waals surface area contributed by atoms with Crippen LogP contribution in [-0.4, -0.2) is 59.0 Å². The Balaban J connectivity index is 2.29. The number of nitrogens with two attached hydrogens (primary N) is 1. The van der Waals surface area contributed by atoms with E-state index in [0.717, 1.165) is 0 Å². The lowest BCUT2D eigenvalue weighted by atomic mass is 9.89. The van der Waals surface area contributed by atoms with Crippen molar-refractivity contribution in [1.82, 2.24) is 9.55 Å². The van der Waals surface area contributed by atoms with Crippen LogP contribution in [0.3, 0.4) is 0 Å². The second-order valence-corrected chi connectivity index (χ2v) is 26.2. The fraction of sp³-hybridized carbons (Fsp3) is 0.750. The molecule has 2 aliphatic rings. The Bertz CT molecular complexity index is 1390. The zero-order valence-corrected chi connectivity index (χ0v) is 29.6. The van der Waals surface area contributed by atoms with Gasteiger partial charge in [-0.3, -0.25) is 14.3 Å². The van der Waals surface area contributed by atoms with Crippen LogP contribution >= 0.6 is 22.6 Å². The molecule has 1 aromatic rings. The smallest absolute Gasteiger partial charge is 0.330 e. The van der Waals surface area contributed by atoms with Gasteiger partial charge in [0.25, 0.3) is 5.56 Å². The van der Waals surface area contributed by atoms with Crippen LogP contribution < -0.4 is 17.0 Å². The van der Waals surface area contributed by atoms with Gasteiger partial charge in [-0.25, -0.2) is 8.98 Å². The van der Waals surface area contributed by atoms with E-state index in [9.17, 15) is 18.0 Å². The quantitative estimate of drug-likeness (QED) is 0.255. The zero-order valence-electron chi connectivity index (χ0n) is 24.6. The third kappa shape index (κ3) is 5.66.